The van der Waals surface area contributed by atoms with Crippen molar-refractivity contribution in [1.29, 1.82) is 0 Å². The molecule has 17 heavy (non-hydrogen) atoms. The third kappa shape index (κ3) is 3.44. The quantitative estimate of drug-likeness (QED) is 0.783. The first-order valence-corrected chi connectivity index (χ1v) is 5.09. The van der Waals surface area contributed by atoms with Crippen LogP contribution in [0.5, 0.6) is 0 Å². The highest BCUT2D eigenvalue weighted by Gasteiger charge is 2.48. The summed E-state index contributed by atoms with van der Waals surface area (Å²) in [6.45, 7) is 0. The van der Waals surface area contributed by atoms with Crippen LogP contribution in [0.4, 0.5) is 13.2 Å². The SMILES string of the molecule is COC(C(=O)Cl)C(c1ccccc1)C(F)(F)F. The number of hydrogen-bond donors (Lipinski definition) is 0. The zero-order valence-corrected chi connectivity index (χ0v) is 9.63. The molecule has 2 nitrogen and oxygen atoms in total. The minimum Gasteiger partial charge on any atom is -0.371 e. The molecule has 0 fully saturated rings. The van der Waals surface area contributed by atoms with E-state index in [1.807, 2.05) is 0 Å². The highest BCUT2D eigenvalue weighted by atomic mass is 35.5. The largest absolute Gasteiger partial charge is 0.398 e. The van der Waals surface area contributed by atoms with Gasteiger partial charge in [-0.15, -0.1) is 0 Å². The molecule has 0 N–H and O–H groups in total. The van der Waals surface area contributed by atoms with Crippen LogP contribution in [-0.2, 0) is 9.53 Å². The Morgan fingerprint density at radius 3 is 2.18 bits per heavy atom. The van der Waals surface area contributed by atoms with Crippen LogP contribution in [0.2, 0.25) is 0 Å². The summed E-state index contributed by atoms with van der Waals surface area (Å²) in [4.78, 5) is 11.0. The summed E-state index contributed by atoms with van der Waals surface area (Å²) in [7, 11) is 1.02. The maximum Gasteiger partial charge on any atom is 0.398 e. The Balaban J connectivity index is 3.17. The molecule has 2 unspecified atom stereocenters. The van der Waals surface area contributed by atoms with Crippen molar-refractivity contribution in [2.45, 2.75) is 18.2 Å². The number of alkyl halides is 3. The Hall–Kier alpha value is -1.07. The van der Waals surface area contributed by atoms with Crippen LogP contribution >= 0.6 is 11.6 Å². The topological polar surface area (TPSA) is 26.3 Å². The zero-order valence-electron chi connectivity index (χ0n) is 8.87. The van der Waals surface area contributed by atoms with Gasteiger partial charge in [0.1, 0.15) is 12.0 Å². The molecule has 0 aliphatic rings. The van der Waals surface area contributed by atoms with E-state index < -0.39 is 23.4 Å². The fourth-order valence-electron chi connectivity index (χ4n) is 1.56. The van der Waals surface area contributed by atoms with E-state index in [-0.39, 0.29) is 5.56 Å². The molecule has 1 aromatic rings. The third-order valence-corrected chi connectivity index (χ3v) is 2.51. The van der Waals surface area contributed by atoms with Gasteiger partial charge in [-0.3, -0.25) is 4.79 Å². The van der Waals surface area contributed by atoms with E-state index in [2.05, 4.69) is 4.74 Å². The van der Waals surface area contributed by atoms with E-state index in [9.17, 15) is 18.0 Å². The lowest BCUT2D eigenvalue weighted by Crippen LogP contribution is -2.37. The average molecular weight is 267 g/mol. The first kappa shape index (κ1) is 14.0. The maximum absolute atomic E-state index is 12.9. The Labute approximate surface area is 101 Å². The van der Waals surface area contributed by atoms with Gasteiger partial charge < -0.3 is 4.74 Å². The standard InChI is InChI=1S/C11H10ClF3O2/c1-17-9(10(12)16)8(11(13,14)15)7-5-3-2-4-6-7/h2-6,8-9H,1H3. The van der Waals surface area contributed by atoms with Crippen molar-refractivity contribution < 1.29 is 22.7 Å². The zero-order chi connectivity index (χ0) is 13.1. The molecule has 0 saturated heterocycles. The second kappa shape index (κ2) is 5.51. The van der Waals surface area contributed by atoms with Crippen molar-refractivity contribution in [2.75, 3.05) is 7.11 Å². The lowest BCUT2D eigenvalue weighted by molar-refractivity contribution is -0.178. The van der Waals surface area contributed by atoms with Crippen LogP contribution in [-0.4, -0.2) is 24.6 Å². The highest BCUT2D eigenvalue weighted by Crippen LogP contribution is 2.39. The van der Waals surface area contributed by atoms with Crippen molar-refractivity contribution in [3.05, 3.63) is 35.9 Å². The summed E-state index contributed by atoms with van der Waals surface area (Å²) in [5.74, 6) is -2.06. The van der Waals surface area contributed by atoms with E-state index in [1.165, 1.54) is 24.3 Å². The number of halogens is 4. The number of ether oxygens (including phenoxy) is 1. The molecular weight excluding hydrogens is 257 g/mol. The number of carbonyl (C=O) groups is 1. The molecule has 0 heterocycles. The maximum atomic E-state index is 12.9. The molecule has 0 aromatic heterocycles. The van der Waals surface area contributed by atoms with Crippen LogP contribution in [0.1, 0.15) is 11.5 Å². The molecule has 0 radical (unpaired) electrons. The fraction of sp³-hybridized carbons (Fsp3) is 0.364. The number of benzene rings is 1. The molecule has 0 amide bonds. The molecule has 2 atom stereocenters. The molecule has 1 rings (SSSR count). The van der Waals surface area contributed by atoms with E-state index in [1.54, 1.807) is 6.07 Å². The molecule has 0 bridgehead atoms. The van der Waals surface area contributed by atoms with Crippen LogP contribution in [0.15, 0.2) is 30.3 Å². The molecule has 6 heteroatoms. The van der Waals surface area contributed by atoms with E-state index in [0.29, 0.717) is 0 Å². The Kier molecular flexibility index (Phi) is 4.54. The lowest BCUT2D eigenvalue weighted by atomic mass is 9.93. The van der Waals surface area contributed by atoms with Crippen molar-refractivity contribution in [3.63, 3.8) is 0 Å². The van der Waals surface area contributed by atoms with Gasteiger partial charge >= 0.3 is 6.18 Å². The second-order valence-corrected chi connectivity index (χ2v) is 3.76. The Morgan fingerprint density at radius 1 is 1.29 bits per heavy atom. The minimum absolute atomic E-state index is 0.0548. The summed E-state index contributed by atoms with van der Waals surface area (Å²) in [6.07, 6.45) is -6.34. The first-order chi connectivity index (χ1) is 7.88. The monoisotopic (exact) mass is 266 g/mol. The highest BCUT2D eigenvalue weighted by molar-refractivity contribution is 6.64. The summed E-state index contributed by atoms with van der Waals surface area (Å²) in [6, 6.07) is 7.06. The number of carbonyl (C=O) groups excluding carboxylic acids is 1. The molecular formula is C11H10ClF3O2. The third-order valence-electron chi connectivity index (χ3n) is 2.29. The molecule has 1 aromatic carbocycles. The predicted molar refractivity (Wildman–Crippen MR) is 56.9 cm³/mol. The van der Waals surface area contributed by atoms with Crippen molar-refractivity contribution >= 4 is 16.8 Å². The lowest BCUT2D eigenvalue weighted by Gasteiger charge is -2.25. The Bertz CT molecular complexity index is 378. The number of rotatable bonds is 4. The average Bonchev–Trinajstić information content (AvgIpc) is 2.24. The fourth-order valence-corrected chi connectivity index (χ4v) is 1.77. The van der Waals surface area contributed by atoms with Gasteiger partial charge in [0.25, 0.3) is 5.24 Å². The summed E-state index contributed by atoms with van der Waals surface area (Å²) in [5, 5.41) is -1.17. The molecule has 0 spiro atoms. The van der Waals surface area contributed by atoms with Gasteiger partial charge in [-0.2, -0.15) is 13.2 Å². The van der Waals surface area contributed by atoms with Crippen molar-refractivity contribution in [2.24, 2.45) is 0 Å². The summed E-state index contributed by atoms with van der Waals surface area (Å²) in [5.41, 5.74) is -0.0548. The Morgan fingerprint density at radius 2 is 1.82 bits per heavy atom. The molecule has 0 aliphatic carbocycles. The number of methoxy groups -OCH3 is 1. The van der Waals surface area contributed by atoms with Gasteiger partial charge in [0.2, 0.25) is 0 Å². The summed E-state index contributed by atoms with van der Waals surface area (Å²) < 4.78 is 43.3. The van der Waals surface area contributed by atoms with Crippen LogP contribution in [0, 0.1) is 0 Å². The first-order valence-electron chi connectivity index (χ1n) is 4.71. The van der Waals surface area contributed by atoms with Gasteiger partial charge in [0.05, 0.1) is 0 Å². The smallest absolute Gasteiger partial charge is 0.371 e. The van der Waals surface area contributed by atoms with Crippen molar-refractivity contribution in [1.82, 2.24) is 0 Å². The molecule has 0 saturated carbocycles. The minimum atomic E-state index is -4.60. The van der Waals surface area contributed by atoms with Crippen LogP contribution < -0.4 is 0 Å². The van der Waals surface area contributed by atoms with Crippen LogP contribution in [0.25, 0.3) is 0 Å². The van der Waals surface area contributed by atoms with E-state index in [0.717, 1.165) is 7.11 Å². The second-order valence-electron chi connectivity index (χ2n) is 3.39. The van der Waals surface area contributed by atoms with Gasteiger partial charge in [-0.1, -0.05) is 30.3 Å². The van der Waals surface area contributed by atoms with Gasteiger partial charge in [0.15, 0.2) is 0 Å². The summed E-state index contributed by atoms with van der Waals surface area (Å²) >= 11 is 5.13. The van der Waals surface area contributed by atoms with E-state index >= 15 is 0 Å². The van der Waals surface area contributed by atoms with Crippen molar-refractivity contribution in [3.8, 4) is 0 Å². The van der Waals surface area contributed by atoms with Crippen LogP contribution in [0.3, 0.4) is 0 Å². The van der Waals surface area contributed by atoms with Gasteiger partial charge in [-0.25, -0.2) is 0 Å². The molecule has 0 aliphatic heterocycles. The van der Waals surface area contributed by atoms with Gasteiger partial charge in [-0.05, 0) is 17.2 Å². The van der Waals surface area contributed by atoms with E-state index in [4.69, 9.17) is 11.6 Å². The molecule has 94 valence electrons. The van der Waals surface area contributed by atoms with Gasteiger partial charge in [0, 0.05) is 7.11 Å². The normalized spacial score (nSPS) is 15.4. The number of hydrogen-bond acceptors (Lipinski definition) is 2. The predicted octanol–water partition coefficient (Wildman–Crippen LogP) is 3.11.